The van der Waals surface area contributed by atoms with Gasteiger partial charge >= 0.3 is 0 Å². The number of rotatable bonds is 7. The minimum atomic E-state index is -0.760. The minimum absolute atomic E-state index is 0.136. The summed E-state index contributed by atoms with van der Waals surface area (Å²) in [6.45, 7) is 2.17. The number of fused-ring (bicyclic) bond motifs is 1. The fourth-order valence-electron chi connectivity index (χ4n) is 3.46. The highest BCUT2D eigenvalue weighted by Gasteiger charge is 2.24. The molecule has 1 N–H and O–H groups in total. The van der Waals surface area contributed by atoms with Gasteiger partial charge in [-0.2, -0.15) is 0 Å². The normalized spacial score (nSPS) is 11.8. The Kier molecular flexibility index (Phi) is 6.52. The zero-order valence-electron chi connectivity index (χ0n) is 17.5. The molecule has 1 atom stereocenters. The molecular formula is C25H22ClN3O3. The number of nitrogens with one attached hydrogen (secondary N) is 1. The molecule has 0 saturated carbocycles. The number of ether oxygens (including phenoxy) is 1. The number of hydrogen-bond donors (Lipinski definition) is 1. The molecule has 0 spiro atoms. The van der Waals surface area contributed by atoms with Crippen LogP contribution in [-0.2, 0) is 17.9 Å². The Morgan fingerprint density at radius 3 is 2.56 bits per heavy atom. The van der Waals surface area contributed by atoms with Crippen molar-refractivity contribution >= 4 is 28.4 Å². The van der Waals surface area contributed by atoms with Gasteiger partial charge in [-0.3, -0.25) is 9.59 Å². The summed E-state index contributed by atoms with van der Waals surface area (Å²) in [4.78, 5) is 34.8. The SMILES string of the molecule is CC(Oc1cccc(Cl)c1)C(=O)N(Cc1ccccc1)Cc1nc2ccccc2c(=O)[nH]1. The van der Waals surface area contributed by atoms with Crippen LogP contribution in [0.15, 0.2) is 83.7 Å². The van der Waals surface area contributed by atoms with Crippen LogP contribution >= 0.6 is 11.6 Å². The van der Waals surface area contributed by atoms with Crippen molar-refractivity contribution in [3.8, 4) is 5.75 Å². The number of nitrogens with zero attached hydrogens (tertiary/aromatic N) is 2. The van der Waals surface area contributed by atoms with Crippen molar-refractivity contribution in [1.82, 2.24) is 14.9 Å². The molecule has 7 heteroatoms. The molecule has 1 amide bonds. The van der Waals surface area contributed by atoms with Crippen molar-refractivity contribution in [2.24, 2.45) is 0 Å². The van der Waals surface area contributed by atoms with Crippen LogP contribution in [0.2, 0.25) is 5.02 Å². The van der Waals surface area contributed by atoms with E-state index in [0.29, 0.717) is 34.0 Å². The maximum Gasteiger partial charge on any atom is 0.264 e. The Morgan fingerprint density at radius 1 is 1.03 bits per heavy atom. The molecule has 0 aliphatic carbocycles. The van der Waals surface area contributed by atoms with E-state index in [-0.39, 0.29) is 18.0 Å². The number of aromatic amines is 1. The highest BCUT2D eigenvalue weighted by atomic mass is 35.5. The summed E-state index contributed by atoms with van der Waals surface area (Å²) >= 11 is 6.03. The lowest BCUT2D eigenvalue weighted by atomic mass is 10.2. The fourth-order valence-corrected chi connectivity index (χ4v) is 3.64. The molecule has 32 heavy (non-hydrogen) atoms. The van der Waals surface area contributed by atoms with Gasteiger partial charge in [0.1, 0.15) is 11.6 Å². The lowest BCUT2D eigenvalue weighted by Gasteiger charge is -2.26. The number of hydrogen-bond acceptors (Lipinski definition) is 4. The first-order valence-corrected chi connectivity index (χ1v) is 10.6. The van der Waals surface area contributed by atoms with Gasteiger partial charge < -0.3 is 14.6 Å². The van der Waals surface area contributed by atoms with Gasteiger partial charge in [0.05, 0.1) is 17.4 Å². The van der Waals surface area contributed by atoms with Crippen molar-refractivity contribution in [1.29, 1.82) is 0 Å². The number of benzene rings is 3. The van der Waals surface area contributed by atoms with Crippen molar-refractivity contribution in [2.75, 3.05) is 0 Å². The predicted octanol–water partition coefficient (Wildman–Crippen LogP) is 4.57. The second kappa shape index (κ2) is 9.66. The van der Waals surface area contributed by atoms with Gasteiger partial charge in [0.2, 0.25) is 0 Å². The van der Waals surface area contributed by atoms with E-state index in [1.807, 2.05) is 36.4 Å². The second-order valence-corrected chi connectivity index (χ2v) is 7.86. The van der Waals surface area contributed by atoms with Gasteiger partial charge in [-0.05, 0) is 42.8 Å². The van der Waals surface area contributed by atoms with Gasteiger partial charge in [0.15, 0.2) is 6.10 Å². The number of para-hydroxylation sites is 1. The Balaban J connectivity index is 1.61. The summed E-state index contributed by atoms with van der Waals surface area (Å²) in [5.41, 5.74) is 1.31. The lowest BCUT2D eigenvalue weighted by molar-refractivity contribution is -0.139. The van der Waals surface area contributed by atoms with Gasteiger partial charge in [0.25, 0.3) is 11.5 Å². The maximum absolute atomic E-state index is 13.3. The number of carbonyl (C=O) groups excluding carboxylic acids is 1. The Labute approximate surface area is 190 Å². The zero-order valence-corrected chi connectivity index (χ0v) is 18.3. The van der Waals surface area contributed by atoms with Crippen LogP contribution in [0.5, 0.6) is 5.75 Å². The molecule has 6 nitrogen and oxygen atoms in total. The van der Waals surface area contributed by atoms with E-state index in [1.165, 1.54) is 0 Å². The first-order chi connectivity index (χ1) is 15.5. The van der Waals surface area contributed by atoms with Gasteiger partial charge in [-0.1, -0.05) is 60.1 Å². The molecule has 0 radical (unpaired) electrons. The number of amides is 1. The fraction of sp³-hybridized carbons (Fsp3) is 0.160. The smallest absolute Gasteiger partial charge is 0.264 e. The molecule has 4 rings (SSSR count). The van der Waals surface area contributed by atoms with E-state index in [1.54, 1.807) is 54.3 Å². The molecule has 4 aromatic rings. The molecule has 162 valence electrons. The molecule has 0 bridgehead atoms. The standard InChI is InChI=1S/C25H22ClN3O3/c1-17(32-20-11-7-10-19(26)14-20)25(31)29(15-18-8-3-2-4-9-18)16-23-27-22-13-6-5-12-21(22)24(30)28-23/h2-14,17H,15-16H2,1H3,(H,27,28,30). The Bertz CT molecular complexity index is 1290. The van der Waals surface area contributed by atoms with Crippen LogP contribution in [0.4, 0.5) is 0 Å². The number of H-pyrrole nitrogens is 1. The van der Waals surface area contributed by atoms with Crippen LogP contribution in [0.25, 0.3) is 10.9 Å². The highest BCUT2D eigenvalue weighted by molar-refractivity contribution is 6.30. The first kappa shape index (κ1) is 21.6. The summed E-state index contributed by atoms with van der Waals surface area (Å²) in [7, 11) is 0. The lowest BCUT2D eigenvalue weighted by Crippen LogP contribution is -2.40. The van der Waals surface area contributed by atoms with E-state index < -0.39 is 6.10 Å². The molecule has 1 aromatic heterocycles. The maximum atomic E-state index is 13.3. The summed E-state index contributed by atoms with van der Waals surface area (Å²) in [5.74, 6) is 0.688. The topological polar surface area (TPSA) is 75.3 Å². The third-order valence-electron chi connectivity index (χ3n) is 4.99. The largest absolute Gasteiger partial charge is 0.481 e. The second-order valence-electron chi connectivity index (χ2n) is 7.43. The molecule has 1 heterocycles. The monoisotopic (exact) mass is 447 g/mol. The zero-order chi connectivity index (χ0) is 22.5. The Morgan fingerprint density at radius 2 is 1.78 bits per heavy atom. The van der Waals surface area contributed by atoms with E-state index in [4.69, 9.17) is 16.3 Å². The molecule has 3 aromatic carbocycles. The van der Waals surface area contributed by atoms with Crippen LogP contribution in [0.1, 0.15) is 18.3 Å². The number of halogens is 1. The summed E-state index contributed by atoms with van der Waals surface area (Å²) < 4.78 is 5.84. The van der Waals surface area contributed by atoms with Gasteiger partial charge in [0, 0.05) is 11.6 Å². The third-order valence-corrected chi connectivity index (χ3v) is 5.22. The van der Waals surface area contributed by atoms with Crippen molar-refractivity contribution < 1.29 is 9.53 Å². The highest BCUT2D eigenvalue weighted by Crippen LogP contribution is 2.20. The molecule has 0 aliphatic heterocycles. The average Bonchev–Trinajstić information content (AvgIpc) is 2.79. The molecular weight excluding hydrogens is 426 g/mol. The van der Waals surface area contributed by atoms with E-state index >= 15 is 0 Å². The Hall–Kier alpha value is -3.64. The van der Waals surface area contributed by atoms with Crippen LogP contribution in [0.3, 0.4) is 0 Å². The molecule has 0 saturated heterocycles. The van der Waals surface area contributed by atoms with Crippen LogP contribution in [0, 0.1) is 0 Å². The number of carbonyl (C=O) groups is 1. The minimum Gasteiger partial charge on any atom is -0.481 e. The summed E-state index contributed by atoms with van der Waals surface area (Å²) in [6, 6.07) is 23.7. The van der Waals surface area contributed by atoms with Gasteiger partial charge in [-0.25, -0.2) is 4.98 Å². The van der Waals surface area contributed by atoms with Crippen LogP contribution in [-0.4, -0.2) is 26.9 Å². The van der Waals surface area contributed by atoms with E-state index in [2.05, 4.69) is 9.97 Å². The average molecular weight is 448 g/mol. The summed E-state index contributed by atoms with van der Waals surface area (Å²) in [6.07, 6.45) is -0.760. The molecule has 0 fully saturated rings. The first-order valence-electron chi connectivity index (χ1n) is 10.2. The third kappa shape index (κ3) is 5.15. The predicted molar refractivity (Wildman–Crippen MR) is 125 cm³/mol. The number of aromatic nitrogens is 2. The van der Waals surface area contributed by atoms with Gasteiger partial charge in [-0.15, -0.1) is 0 Å². The molecule has 1 unspecified atom stereocenters. The quantitative estimate of drug-likeness (QED) is 0.450. The summed E-state index contributed by atoms with van der Waals surface area (Å²) in [5, 5.41) is 1.04. The van der Waals surface area contributed by atoms with Crippen LogP contribution < -0.4 is 10.3 Å². The van der Waals surface area contributed by atoms with Crippen molar-refractivity contribution in [3.05, 3.63) is 106 Å². The van der Waals surface area contributed by atoms with Crippen molar-refractivity contribution in [3.63, 3.8) is 0 Å². The van der Waals surface area contributed by atoms with E-state index in [0.717, 1.165) is 5.56 Å². The van der Waals surface area contributed by atoms with Crippen molar-refractivity contribution in [2.45, 2.75) is 26.1 Å². The van der Waals surface area contributed by atoms with E-state index in [9.17, 15) is 9.59 Å². The molecule has 0 aliphatic rings.